The average molecular weight is 376 g/mol. The van der Waals surface area contributed by atoms with Gasteiger partial charge in [-0.1, -0.05) is 30.3 Å². The van der Waals surface area contributed by atoms with Gasteiger partial charge in [0.2, 0.25) is 6.29 Å². The van der Waals surface area contributed by atoms with Crippen LogP contribution in [-0.4, -0.2) is 64.3 Å². The zero-order chi connectivity index (χ0) is 19.4. The van der Waals surface area contributed by atoms with Crippen molar-refractivity contribution in [1.29, 1.82) is 0 Å². The Balaban J connectivity index is 1.83. The number of ether oxygens (including phenoxy) is 3. The molecule has 1 aliphatic heterocycles. The van der Waals surface area contributed by atoms with Crippen LogP contribution in [0.5, 0.6) is 11.5 Å². The third-order valence-electron chi connectivity index (χ3n) is 4.76. The lowest BCUT2D eigenvalue weighted by atomic mass is 9.79. The smallest absolute Gasteiger partial charge is 0.229 e. The van der Waals surface area contributed by atoms with E-state index in [1.54, 1.807) is 55.6 Å². The van der Waals surface area contributed by atoms with Gasteiger partial charge in [-0.15, -0.1) is 0 Å². The zero-order valence-corrected chi connectivity index (χ0v) is 14.9. The molecule has 7 heteroatoms. The van der Waals surface area contributed by atoms with Gasteiger partial charge in [-0.25, -0.2) is 0 Å². The molecular weight excluding hydrogens is 352 g/mol. The Morgan fingerprint density at radius 3 is 2.19 bits per heavy atom. The normalized spacial score (nSPS) is 30.7. The van der Waals surface area contributed by atoms with Crippen molar-refractivity contribution in [2.24, 2.45) is 0 Å². The van der Waals surface area contributed by atoms with Crippen molar-refractivity contribution in [3.8, 4) is 11.5 Å². The first-order valence-corrected chi connectivity index (χ1v) is 8.67. The van der Waals surface area contributed by atoms with Crippen molar-refractivity contribution >= 4 is 0 Å². The van der Waals surface area contributed by atoms with E-state index in [0.29, 0.717) is 11.5 Å². The molecule has 27 heavy (non-hydrogen) atoms. The third kappa shape index (κ3) is 4.07. The summed E-state index contributed by atoms with van der Waals surface area (Å²) in [5.74, 6) is 1.02. The van der Waals surface area contributed by atoms with E-state index >= 15 is 0 Å². The van der Waals surface area contributed by atoms with Gasteiger partial charge in [0.1, 0.15) is 35.4 Å². The molecule has 2 aromatic carbocycles. The quantitative estimate of drug-likeness (QED) is 0.581. The topological polar surface area (TPSA) is 109 Å². The predicted octanol–water partition coefficient (Wildman–Crippen LogP) is 0.487. The van der Waals surface area contributed by atoms with Gasteiger partial charge in [0.25, 0.3) is 0 Å². The second kappa shape index (κ2) is 8.24. The molecular formula is C20H24O7. The molecule has 1 aliphatic rings. The SMILES string of the molecule is COc1ccc(O[C@@H]2O[C@H](CO)[C@H](O)[C@@](O)(Cc3ccccc3)[C@H]2O)cc1. The first-order valence-electron chi connectivity index (χ1n) is 8.67. The van der Waals surface area contributed by atoms with Crippen molar-refractivity contribution < 1.29 is 34.6 Å². The van der Waals surface area contributed by atoms with Crippen LogP contribution in [0.15, 0.2) is 54.6 Å². The molecule has 7 nitrogen and oxygen atoms in total. The molecule has 0 radical (unpaired) electrons. The van der Waals surface area contributed by atoms with Gasteiger partial charge in [0, 0.05) is 6.42 Å². The van der Waals surface area contributed by atoms with Crippen LogP contribution in [0.1, 0.15) is 5.56 Å². The Kier molecular flexibility index (Phi) is 5.98. The van der Waals surface area contributed by atoms with Crippen molar-refractivity contribution in [3.05, 3.63) is 60.2 Å². The Bertz CT molecular complexity index is 721. The zero-order valence-electron chi connectivity index (χ0n) is 14.9. The summed E-state index contributed by atoms with van der Waals surface area (Å²) in [5, 5.41) is 41.9. The highest BCUT2D eigenvalue weighted by Gasteiger charge is 2.55. The van der Waals surface area contributed by atoms with Crippen molar-refractivity contribution in [2.45, 2.75) is 36.6 Å². The summed E-state index contributed by atoms with van der Waals surface area (Å²) in [6, 6.07) is 15.6. The fraction of sp³-hybridized carbons (Fsp3) is 0.400. The molecule has 1 fully saturated rings. The van der Waals surface area contributed by atoms with Gasteiger partial charge in [-0.2, -0.15) is 0 Å². The van der Waals surface area contributed by atoms with E-state index in [0.717, 1.165) is 5.56 Å². The monoisotopic (exact) mass is 376 g/mol. The van der Waals surface area contributed by atoms with Crippen LogP contribution < -0.4 is 9.47 Å². The largest absolute Gasteiger partial charge is 0.497 e. The van der Waals surface area contributed by atoms with Crippen LogP contribution in [-0.2, 0) is 11.2 Å². The highest BCUT2D eigenvalue weighted by Crippen LogP contribution is 2.34. The molecule has 0 saturated carbocycles. The van der Waals surface area contributed by atoms with Gasteiger partial charge in [0.15, 0.2) is 0 Å². The molecule has 0 bridgehead atoms. The van der Waals surface area contributed by atoms with Gasteiger partial charge < -0.3 is 34.6 Å². The van der Waals surface area contributed by atoms with E-state index < -0.39 is 36.8 Å². The summed E-state index contributed by atoms with van der Waals surface area (Å²) < 4.78 is 16.2. The van der Waals surface area contributed by atoms with E-state index in [4.69, 9.17) is 14.2 Å². The van der Waals surface area contributed by atoms with E-state index in [2.05, 4.69) is 0 Å². The highest BCUT2D eigenvalue weighted by atomic mass is 16.7. The molecule has 146 valence electrons. The first kappa shape index (κ1) is 19.6. The van der Waals surface area contributed by atoms with Crippen molar-refractivity contribution in [1.82, 2.24) is 0 Å². The van der Waals surface area contributed by atoms with Crippen LogP contribution >= 0.6 is 0 Å². The van der Waals surface area contributed by atoms with Crippen molar-refractivity contribution in [2.75, 3.05) is 13.7 Å². The van der Waals surface area contributed by atoms with Crippen LogP contribution in [0.2, 0.25) is 0 Å². The minimum Gasteiger partial charge on any atom is -0.497 e. The van der Waals surface area contributed by atoms with Gasteiger partial charge >= 0.3 is 0 Å². The standard InChI is InChI=1S/C20H24O7/c1-25-14-7-9-15(10-8-14)26-19-18(23)20(24,17(22)16(12-21)27-19)11-13-5-3-2-4-6-13/h2-10,16-19,21-24H,11-12H2,1H3/t16-,17+,18+,19-,20+/m1/s1. The highest BCUT2D eigenvalue weighted by molar-refractivity contribution is 5.31. The second-order valence-corrected chi connectivity index (χ2v) is 6.56. The molecule has 0 spiro atoms. The van der Waals surface area contributed by atoms with Crippen molar-refractivity contribution in [3.63, 3.8) is 0 Å². The summed E-state index contributed by atoms with van der Waals surface area (Å²) in [6.07, 6.45) is -5.44. The number of methoxy groups -OCH3 is 1. The molecule has 5 atom stereocenters. The number of aliphatic hydroxyl groups excluding tert-OH is 3. The Hall–Kier alpha value is -2.16. The lowest BCUT2D eigenvalue weighted by Gasteiger charge is -2.47. The Morgan fingerprint density at radius 2 is 1.59 bits per heavy atom. The second-order valence-electron chi connectivity index (χ2n) is 6.56. The molecule has 4 N–H and O–H groups in total. The number of benzene rings is 2. The van der Waals surface area contributed by atoms with E-state index in [1.165, 1.54) is 0 Å². The maximum Gasteiger partial charge on any atom is 0.229 e. The fourth-order valence-electron chi connectivity index (χ4n) is 3.21. The van der Waals surface area contributed by atoms with E-state index in [-0.39, 0.29) is 6.42 Å². The lowest BCUT2D eigenvalue weighted by Crippen LogP contribution is -2.69. The average Bonchev–Trinajstić information content (AvgIpc) is 2.70. The minimum atomic E-state index is -1.95. The summed E-state index contributed by atoms with van der Waals surface area (Å²) in [6.45, 7) is -0.534. The maximum atomic E-state index is 11.1. The van der Waals surface area contributed by atoms with Gasteiger partial charge in [0.05, 0.1) is 13.7 Å². The molecule has 2 aromatic rings. The van der Waals surface area contributed by atoms with Crippen LogP contribution in [0, 0.1) is 0 Å². The molecule has 0 aromatic heterocycles. The molecule has 0 aliphatic carbocycles. The van der Waals surface area contributed by atoms with E-state index in [9.17, 15) is 20.4 Å². The van der Waals surface area contributed by atoms with Crippen LogP contribution in [0.25, 0.3) is 0 Å². The third-order valence-corrected chi connectivity index (χ3v) is 4.76. The van der Waals surface area contributed by atoms with Crippen LogP contribution in [0.3, 0.4) is 0 Å². The Labute approximate surface area is 157 Å². The molecule has 1 heterocycles. The summed E-state index contributed by atoms with van der Waals surface area (Å²) in [4.78, 5) is 0. The predicted molar refractivity (Wildman–Crippen MR) is 96.5 cm³/mol. The number of hydrogen-bond acceptors (Lipinski definition) is 7. The first-order chi connectivity index (χ1) is 13.0. The maximum absolute atomic E-state index is 11.1. The van der Waals surface area contributed by atoms with Gasteiger partial charge in [-0.05, 0) is 29.8 Å². The minimum absolute atomic E-state index is 0.0293. The molecule has 0 unspecified atom stereocenters. The summed E-state index contributed by atoms with van der Waals surface area (Å²) in [7, 11) is 1.54. The summed E-state index contributed by atoms with van der Waals surface area (Å²) >= 11 is 0. The fourth-order valence-corrected chi connectivity index (χ4v) is 3.21. The molecule has 1 saturated heterocycles. The number of aliphatic hydroxyl groups is 4. The van der Waals surface area contributed by atoms with Gasteiger partial charge in [-0.3, -0.25) is 0 Å². The summed E-state index contributed by atoms with van der Waals surface area (Å²) in [5.41, 5.74) is -1.23. The number of hydrogen-bond donors (Lipinski definition) is 4. The number of rotatable bonds is 6. The van der Waals surface area contributed by atoms with E-state index in [1.807, 2.05) is 6.07 Å². The van der Waals surface area contributed by atoms with Crippen LogP contribution in [0.4, 0.5) is 0 Å². The molecule has 0 amide bonds. The molecule has 3 rings (SSSR count). The Morgan fingerprint density at radius 1 is 0.963 bits per heavy atom. The lowest BCUT2D eigenvalue weighted by molar-refractivity contribution is -0.313.